The number of H-pyrrole nitrogens is 1. The van der Waals surface area contributed by atoms with Crippen molar-refractivity contribution in [1.29, 1.82) is 0 Å². The van der Waals surface area contributed by atoms with E-state index in [9.17, 15) is 18.4 Å². The van der Waals surface area contributed by atoms with Crippen molar-refractivity contribution in [3.63, 3.8) is 0 Å². The van der Waals surface area contributed by atoms with Gasteiger partial charge in [0.05, 0.1) is 10.2 Å². The second kappa shape index (κ2) is 7.75. The Hall–Kier alpha value is -2.29. The summed E-state index contributed by atoms with van der Waals surface area (Å²) in [6.45, 7) is 5.28. The van der Waals surface area contributed by atoms with Gasteiger partial charge in [0, 0.05) is 31.7 Å². The van der Waals surface area contributed by atoms with Crippen LogP contribution in [0.25, 0.3) is 0 Å². The highest BCUT2D eigenvalue weighted by atomic mass is 79.9. The number of amides is 2. The molecule has 1 saturated heterocycles. The zero-order valence-corrected chi connectivity index (χ0v) is 16.5. The van der Waals surface area contributed by atoms with Crippen LogP contribution in [-0.2, 0) is 0 Å². The number of hydrogen-bond donors (Lipinski definition) is 1. The molecule has 1 N–H and O–H groups in total. The van der Waals surface area contributed by atoms with E-state index in [1.807, 2.05) is 13.8 Å². The van der Waals surface area contributed by atoms with Gasteiger partial charge in [-0.15, -0.1) is 0 Å². The summed E-state index contributed by atoms with van der Waals surface area (Å²) in [6, 6.07) is 3.08. The highest BCUT2D eigenvalue weighted by Gasteiger charge is 2.29. The number of hydrogen-bond acceptors (Lipinski definition) is 3. The lowest BCUT2D eigenvalue weighted by Gasteiger charge is -2.34. The van der Waals surface area contributed by atoms with Crippen molar-refractivity contribution < 1.29 is 18.4 Å². The molecule has 2 heterocycles. The first kappa shape index (κ1) is 19.5. The summed E-state index contributed by atoms with van der Waals surface area (Å²) in [5.74, 6) is -2.46. The maximum absolute atomic E-state index is 13.3. The molecule has 1 aliphatic rings. The van der Waals surface area contributed by atoms with Crippen LogP contribution in [0.5, 0.6) is 0 Å². The quantitative estimate of drug-likeness (QED) is 0.796. The Morgan fingerprint density at radius 3 is 2.19 bits per heavy atom. The fourth-order valence-corrected chi connectivity index (χ4v) is 3.74. The molecule has 2 amide bonds. The van der Waals surface area contributed by atoms with Gasteiger partial charge in [-0.1, -0.05) is 13.8 Å². The molecule has 9 heteroatoms. The zero-order chi connectivity index (χ0) is 19.7. The second-order valence-electron chi connectivity index (χ2n) is 6.67. The molecule has 0 radical (unpaired) electrons. The van der Waals surface area contributed by atoms with Gasteiger partial charge in [-0.3, -0.25) is 14.7 Å². The first-order valence-corrected chi connectivity index (χ1v) is 9.36. The third kappa shape index (κ3) is 3.87. The van der Waals surface area contributed by atoms with Gasteiger partial charge in [0.2, 0.25) is 0 Å². The number of aromatic amines is 1. The van der Waals surface area contributed by atoms with E-state index in [1.165, 1.54) is 11.0 Å². The molecule has 6 nitrogen and oxygen atoms in total. The minimum Gasteiger partial charge on any atom is -0.335 e. The number of benzene rings is 1. The lowest BCUT2D eigenvalue weighted by atomic mass is 10.1. The third-order valence-electron chi connectivity index (χ3n) is 4.53. The van der Waals surface area contributed by atoms with Crippen LogP contribution in [0, 0.1) is 11.6 Å². The van der Waals surface area contributed by atoms with Crippen molar-refractivity contribution in [2.45, 2.75) is 19.8 Å². The number of aromatic nitrogens is 2. The fraction of sp³-hybridized carbons (Fsp3) is 0.389. The number of halogens is 3. The van der Waals surface area contributed by atoms with Gasteiger partial charge in [0.15, 0.2) is 17.3 Å². The highest BCUT2D eigenvalue weighted by Crippen LogP contribution is 2.26. The minimum atomic E-state index is -1.06. The van der Waals surface area contributed by atoms with E-state index in [4.69, 9.17) is 0 Å². The van der Waals surface area contributed by atoms with E-state index < -0.39 is 11.6 Å². The average molecular weight is 441 g/mol. The molecular formula is C18H19BrF2N4O2. The SMILES string of the molecule is CC(C)c1[nH]nc(C(=O)N2CCN(C(=O)c3ccc(F)c(F)c3)CC2)c1Br. The standard InChI is InChI=1S/C18H19BrF2N4O2/c1-10(2)15-14(19)16(23-22-15)18(27)25-7-5-24(6-8-25)17(26)11-3-4-12(20)13(21)9-11/h3-4,9-10H,5-8H2,1-2H3,(H,22,23). The molecule has 0 atom stereocenters. The average Bonchev–Trinajstić information content (AvgIpc) is 3.04. The molecule has 27 heavy (non-hydrogen) atoms. The first-order valence-electron chi connectivity index (χ1n) is 8.57. The molecule has 144 valence electrons. The molecule has 2 aromatic rings. The first-order chi connectivity index (χ1) is 12.8. The van der Waals surface area contributed by atoms with Gasteiger partial charge >= 0.3 is 0 Å². The number of carbonyl (C=O) groups excluding carboxylic acids is 2. The lowest BCUT2D eigenvalue weighted by molar-refractivity contribution is 0.0531. The molecule has 1 aromatic heterocycles. The van der Waals surface area contributed by atoms with Crippen LogP contribution in [0.15, 0.2) is 22.7 Å². The zero-order valence-electron chi connectivity index (χ0n) is 14.9. The Balaban J connectivity index is 1.65. The van der Waals surface area contributed by atoms with Gasteiger partial charge in [-0.25, -0.2) is 8.78 Å². The van der Waals surface area contributed by atoms with E-state index in [2.05, 4.69) is 26.1 Å². The van der Waals surface area contributed by atoms with Gasteiger partial charge in [0.1, 0.15) is 0 Å². The Labute approximate surface area is 163 Å². The molecule has 1 fully saturated rings. The van der Waals surface area contributed by atoms with E-state index >= 15 is 0 Å². The molecule has 0 aliphatic carbocycles. The topological polar surface area (TPSA) is 69.3 Å². The summed E-state index contributed by atoms with van der Waals surface area (Å²) >= 11 is 3.43. The van der Waals surface area contributed by atoms with E-state index in [-0.39, 0.29) is 23.3 Å². The van der Waals surface area contributed by atoms with Crippen LogP contribution in [0.4, 0.5) is 8.78 Å². The van der Waals surface area contributed by atoms with Gasteiger partial charge in [0.25, 0.3) is 11.8 Å². The Morgan fingerprint density at radius 2 is 1.67 bits per heavy atom. The van der Waals surface area contributed by atoms with Crippen molar-refractivity contribution in [3.8, 4) is 0 Å². The third-order valence-corrected chi connectivity index (χ3v) is 5.34. The second-order valence-corrected chi connectivity index (χ2v) is 7.46. The molecule has 0 saturated carbocycles. The van der Waals surface area contributed by atoms with Crippen LogP contribution in [0.2, 0.25) is 0 Å². The summed E-state index contributed by atoms with van der Waals surface area (Å²) in [5.41, 5.74) is 1.26. The molecule has 1 aromatic carbocycles. The predicted molar refractivity (Wildman–Crippen MR) is 98.5 cm³/mol. The number of nitrogens with zero attached hydrogens (tertiary/aromatic N) is 3. The van der Waals surface area contributed by atoms with Crippen molar-refractivity contribution in [1.82, 2.24) is 20.0 Å². The van der Waals surface area contributed by atoms with Gasteiger partial charge < -0.3 is 9.80 Å². The summed E-state index contributed by atoms with van der Waals surface area (Å²) in [4.78, 5) is 28.3. The van der Waals surface area contributed by atoms with E-state index in [1.54, 1.807) is 4.90 Å². The molecular weight excluding hydrogens is 422 g/mol. The number of nitrogens with one attached hydrogen (secondary N) is 1. The molecule has 0 bridgehead atoms. The summed E-state index contributed by atoms with van der Waals surface area (Å²) in [7, 11) is 0. The fourth-order valence-electron chi connectivity index (χ4n) is 2.94. The smallest absolute Gasteiger partial charge is 0.275 e. The van der Waals surface area contributed by atoms with Crippen LogP contribution in [-0.4, -0.2) is 58.0 Å². The van der Waals surface area contributed by atoms with Crippen LogP contribution >= 0.6 is 15.9 Å². The number of carbonyl (C=O) groups is 2. The maximum atomic E-state index is 13.3. The predicted octanol–water partition coefficient (Wildman–Crippen LogP) is 3.17. The molecule has 3 rings (SSSR count). The van der Waals surface area contributed by atoms with E-state index in [0.29, 0.717) is 36.3 Å². The van der Waals surface area contributed by atoms with Gasteiger partial charge in [-0.05, 0) is 40.0 Å². The monoisotopic (exact) mass is 440 g/mol. The largest absolute Gasteiger partial charge is 0.335 e. The maximum Gasteiger partial charge on any atom is 0.275 e. The number of piperazine rings is 1. The molecule has 0 spiro atoms. The normalized spacial score (nSPS) is 14.7. The summed E-state index contributed by atoms with van der Waals surface area (Å²) < 4.78 is 27.0. The van der Waals surface area contributed by atoms with Crippen molar-refractivity contribution in [2.75, 3.05) is 26.2 Å². The Bertz CT molecular complexity index is 876. The van der Waals surface area contributed by atoms with Crippen molar-refractivity contribution in [2.24, 2.45) is 0 Å². The molecule has 1 aliphatic heterocycles. The van der Waals surface area contributed by atoms with Crippen molar-refractivity contribution in [3.05, 3.63) is 51.3 Å². The molecule has 0 unspecified atom stereocenters. The number of rotatable bonds is 3. The Morgan fingerprint density at radius 1 is 1.07 bits per heavy atom. The Kier molecular flexibility index (Phi) is 5.59. The lowest BCUT2D eigenvalue weighted by Crippen LogP contribution is -2.50. The summed E-state index contributed by atoms with van der Waals surface area (Å²) in [6.07, 6.45) is 0. The van der Waals surface area contributed by atoms with Gasteiger partial charge in [-0.2, -0.15) is 5.10 Å². The van der Waals surface area contributed by atoms with Crippen LogP contribution in [0.3, 0.4) is 0 Å². The van der Waals surface area contributed by atoms with E-state index in [0.717, 1.165) is 17.8 Å². The minimum absolute atomic E-state index is 0.0882. The summed E-state index contributed by atoms with van der Waals surface area (Å²) in [5, 5.41) is 6.99. The van der Waals surface area contributed by atoms with Crippen LogP contribution in [0.1, 0.15) is 46.3 Å². The van der Waals surface area contributed by atoms with Crippen molar-refractivity contribution >= 4 is 27.7 Å². The van der Waals surface area contributed by atoms with Crippen LogP contribution < -0.4 is 0 Å². The highest BCUT2D eigenvalue weighted by molar-refractivity contribution is 9.10.